The SMILES string of the molecule is [2H]B(C)ON. The molecule has 0 atom stereocenters. The smallest absolute Gasteiger partial charge is 0.300 e. The first kappa shape index (κ1) is 2.24. The van der Waals surface area contributed by atoms with E-state index in [9.17, 15) is 0 Å². The molecule has 2 N–H and O–H groups in total. The molecule has 2 nitrogen and oxygen atoms in total. The number of rotatable bonds is 1. The lowest BCUT2D eigenvalue weighted by molar-refractivity contribution is 0.359. The summed E-state index contributed by atoms with van der Waals surface area (Å²) in [6, 6.07) is 0. The van der Waals surface area contributed by atoms with E-state index in [2.05, 4.69) is 10.7 Å². The van der Waals surface area contributed by atoms with Gasteiger partial charge in [0.15, 0.2) is 0 Å². The minimum Gasteiger partial charge on any atom is -0.371 e. The van der Waals surface area contributed by atoms with Gasteiger partial charge in [0, 0.05) is 1.34 Å². The third kappa shape index (κ3) is 1.98. The monoisotopic (exact) mass is 60.1 g/mol. The summed E-state index contributed by atoms with van der Waals surface area (Å²) in [6.45, 7) is 1.54. The molecule has 0 heterocycles. The van der Waals surface area contributed by atoms with Crippen LogP contribution in [0.25, 0.3) is 0 Å². The van der Waals surface area contributed by atoms with Crippen LogP contribution in [0, 0.1) is 0 Å². The van der Waals surface area contributed by atoms with Crippen molar-refractivity contribution in [3.8, 4) is 0 Å². The van der Waals surface area contributed by atoms with Gasteiger partial charge < -0.3 is 4.76 Å². The van der Waals surface area contributed by atoms with Gasteiger partial charge in [-0.3, -0.25) is 0 Å². The quantitative estimate of drug-likeness (QED) is 0.320. The van der Waals surface area contributed by atoms with Crippen molar-refractivity contribution in [1.29, 1.82) is 1.34 Å². The molecule has 0 aromatic heterocycles. The molecule has 4 heavy (non-hydrogen) atoms. The molecule has 0 saturated carbocycles. The van der Waals surface area contributed by atoms with Crippen LogP contribution in [0.2, 0.25) is 6.82 Å². The molecule has 0 aromatic rings. The average molecular weight is 59.9 g/mol. The molecule has 0 aromatic carbocycles. The molecule has 0 radical (unpaired) electrons. The molecule has 0 aliphatic rings. The van der Waals surface area contributed by atoms with Gasteiger partial charge in [-0.2, -0.15) is 0 Å². The van der Waals surface area contributed by atoms with Gasteiger partial charge in [-0.15, -0.1) is 0 Å². The summed E-state index contributed by atoms with van der Waals surface area (Å²) in [5.74, 6) is 4.48. The zero-order valence-electron chi connectivity index (χ0n) is 3.56. The number of nitrogens with two attached hydrogens (primary N) is 1. The zero-order valence-corrected chi connectivity index (χ0v) is 2.56. The zero-order chi connectivity index (χ0) is 4.28. The number of hydrogen-bond donors (Lipinski definition) is 1. The van der Waals surface area contributed by atoms with Crippen LogP contribution in [0.15, 0.2) is 0 Å². The fourth-order valence-corrected chi connectivity index (χ4v) is 0. The molecule has 0 amide bonds. The van der Waals surface area contributed by atoms with Gasteiger partial charge in [-0.25, -0.2) is 5.90 Å². The van der Waals surface area contributed by atoms with E-state index in [0.717, 1.165) is 0 Å². The van der Waals surface area contributed by atoms with E-state index in [0.29, 0.717) is 0 Å². The van der Waals surface area contributed by atoms with E-state index >= 15 is 0 Å². The van der Waals surface area contributed by atoms with Gasteiger partial charge in [0.1, 0.15) is 0 Å². The summed E-state index contributed by atoms with van der Waals surface area (Å²) in [5, 5.41) is 0. The van der Waals surface area contributed by atoms with E-state index in [1.165, 1.54) is 0 Å². The Labute approximate surface area is 27.5 Å². The van der Waals surface area contributed by atoms with Gasteiger partial charge in [0.25, 0.3) is 0 Å². The van der Waals surface area contributed by atoms with E-state index in [-0.39, 0.29) is 0 Å². The highest BCUT2D eigenvalue weighted by Crippen LogP contribution is 1.41. The lowest BCUT2D eigenvalue weighted by Crippen LogP contribution is -1.98. The predicted molar refractivity (Wildman–Crippen MR) is 18.3 cm³/mol. The average Bonchev–Trinajstić information content (AvgIpc) is 1.38. The van der Waals surface area contributed by atoms with Crippen LogP contribution in [0.4, 0.5) is 0 Å². The lowest BCUT2D eigenvalue weighted by atomic mass is 10.1. The maximum Gasteiger partial charge on any atom is 0.300 e. The highest BCUT2D eigenvalue weighted by Gasteiger charge is 1.60. The van der Waals surface area contributed by atoms with Gasteiger partial charge >= 0.3 is 7.45 Å². The highest BCUT2D eigenvalue weighted by molar-refractivity contribution is 6.24. The van der Waals surface area contributed by atoms with Crippen LogP contribution in [0.3, 0.4) is 0 Å². The van der Waals surface area contributed by atoms with Gasteiger partial charge in [-0.1, -0.05) is 6.82 Å². The molecule has 0 unspecified atom stereocenters. The van der Waals surface area contributed by atoms with Crippen LogP contribution in [-0.2, 0) is 4.76 Å². The Morgan fingerprint density at radius 2 is 2.75 bits per heavy atom. The van der Waals surface area contributed by atoms with E-state index in [1.54, 1.807) is 6.82 Å². The second-order valence-electron chi connectivity index (χ2n) is 0.372. The Hall–Kier alpha value is -0.0151. The van der Waals surface area contributed by atoms with Crippen LogP contribution >= 0.6 is 0 Å². The molecule has 0 bridgehead atoms. The molecule has 0 aliphatic carbocycles. The summed E-state index contributed by atoms with van der Waals surface area (Å²) in [4.78, 5) is 0. The van der Waals surface area contributed by atoms with Gasteiger partial charge in [-0.05, 0) is 0 Å². The van der Waals surface area contributed by atoms with Crippen molar-refractivity contribution in [3.63, 3.8) is 0 Å². The van der Waals surface area contributed by atoms with Crippen LogP contribution in [0.1, 0.15) is 0 Å². The Morgan fingerprint density at radius 3 is 2.75 bits per heavy atom. The summed E-state index contributed by atoms with van der Waals surface area (Å²) in [5.41, 5.74) is 0. The third-order valence-electron chi connectivity index (χ3n) is 0.136. The predicted octanol–water partition coefficient (Wildman–Crippen LogP) is -0.724. The number of hydrogen-bond acceptors (Lipinski definition) is 2. The fourth-order valence-electron chi connectivity index (χ4n) is 0. The minimum atomic E-state index is -0.588. The first-order valence-electron chi connectivity index (χ1n) is 1.63. The van der Waals surface area contributed by atoms with Gasteiger partial charge in [0.2, 0.25) is 0 Å². The first-order valence-corrected chi connectivity index (χ1v) is 1.05. The molecule has 0 saturated heterocycles. The van der Waals surface area contributed by atoms with Crippen LogP contribution < -0.4 is 5.90 Å². The molecule has 0 fully saturated rings. The fraction of sp³-hybridized carbons (Fsp3) is 1.00. The lowest BCUT2D eigenvalue weighted by Gasteiger charge is -1.73. The molecule has 3 heteroatoms. The van der Waals surface area contributed by atoms with Crippen LogP contribution in [0.5, 0.6) is 0 Å². The Bertz CT molecular complexity index is 25.6. The Morgan fingerprint density at radius 1 is 2.50 bits per heavy atom. The molecule has 0 rings (SSSR count). The van der Waals surface area contributed by atoms with Crippen molar-refractivity contribution in [3.05, 3.63) is 0 Å². The van der Waals surface area contributed by atoms with E-state index in [1.807, 2.05) is 0 Å². The standard InChI is InChI=1S/CH6BNO/c1-2-4-3/h2H,3H2,1H3/i2D. The summed E-state index contributed by atoms with van der Waals surface area (Å²) in [6.07, 6.45) is 0. The van der Waals surface area contributed by atoms with Crippen molar-refractivity contribution in [2.45, 2.75) is 6.82 Å². The summed E-state index contributed by atoms with van der Waals surface area (Å²) < 4.78 is 10.4. The topological polar surface area (TPSA) is 35.2 Å². The van der Waals surface area contributed by atoms with E-state index in [4.69, 9.17) is 1.34 Å². The van der Waals surface area contributed by atoms with Crippen LogP contribution in [-0.4, -0.2) is 8.78 Å². The normalized spacial score (nSPS) is 10.0. The molecular formula is CH6BNO. The van der Waals surface area contributed by atoms with Crippen molar-refractivity contribution >= 4 is 7.45 Å². The largest absolute Gasteiger partial charge is 0.371 e. The maximum atomic E-state index is 6.48. The summed E-state index contributed by atoms with van der Waals surface area (Å²) >= 11 is 0. The van der Waals surface area contributed by atoms with Crippen molar-refractivity contribution in [2.75, 3.05) is 0 Å². The molecule has 0 aliphatic heterocycles. The van der Waals surface area contributed by atoms with E-state index < -0.39 is 7.45 Å². The Kier molecular flexibility index (Phi) is 1.67. The minimum absolute atomic E-state index is 0.588. The second-order valence-corrected chi connectivity index (χ2v) is 0.372. The Balaban J connectivity index is 2.54. The van der Waals surface area contributed by atoms with Crippen molar-refractivity contribution in [1.82, 2.24) is 0 Å². The molecular weight excluding hydrogens is 52.8 g/mol. The van der Waals surface area contributed by atoms with Crippen molar-refractivity contribution < 1.29 is 4.76 Å². The second kappa shape index (κ2) is 2.98. The first-order chi connectivity index (χ1) is 2.27. The highest BCUT2D eigenvalue weighted by atomic mass is 16.6. The molecule has 0 spiro atoms. The van der Waals surface area contributed by atoms with Gasteiger partial charge in [0.05, 0.1) is 0 Å². The maximum absolute atomic E-state index is 6.48. The third-order valence-corrected chi connectivity index (χ3v) is 0.136. The molecule has 24 valence electrons. The summed E-state index contributed by atoms with van der Waals surface area (Å²) in [7, 11) is -0.588. The van der Waals surface area contributed by atoms with Crippen molar-refractivity contribution in [2.24, 2.45) is 5.90 Å².